The van der Waals surface area contributed by atoms with Crippen molar-refractivity contribution in [2.75, 3.05) is 5.73 Å². The van der Waals surface area contributed by atoms with Crippen molar-refractivity contribution >= 4 is 28.2 Å². The third-order valence-corrected chi connectivity index (χ3v) is 3.54. The van der Waals surface area contributed by atoms with Gasteiger partial charge in [0.05, 0.1) is 27.5 Å². The number of fused-ring (bicyclic) bond motifs is 1. The van der Waals surface area contributed by atoms with E-state index in [1.807, 2.05) is 0 Å². The fourth-order valence-corrected chi connectivity index (χ4v) is 2.55. The SMILES string of the molecule is [2H]c1c([2H])c(N)c2c(=O)n(C3CC([2H])C(=O)CC3=O)c(C)nc2c1[2H]. The normalized spacial score (nSPS) is 25.4. The number of carbonyl (C=O) groups is 2. The van der Waals surface area contributed by atoms with Crippen LogP contribution in [0.25, 0.3) is 10.9 Å². The van der Waals surface area contributed by atoms with Crippen LogP contribution in [0.4, 0.5) is 5.69 Å². The Morgan fingerprint density at radius 3 is 2.95 bits per heavy atom. The Bertz CT molecular complexity index is 1000. The largest absolute Gasteiger partial charge is 0.398 e. The van der Waals surface area contributed by atoms with Crippen molar-refractivity contribution in [1.82, 2.24) is 9.55 Å². The minimum absolute atomic E-state index is 0.0981. The Morgan fingerprint density at radius 2 is 2.19 bits per heavy atom. The fraction of sp³-hybridized carbons (Fsp3) is 0.333. The highest BCUT2D eigenvalue weighted by molar-refractivity contribution is 6.03. The molecule has 21 heavy (non-hydrogen) atoms. The lowest BCUT2D eigenvalue weighted by atomic mass is 9.92. The van der Waals surface area contributed by atoms with Crippen LogP contribution in [0.15, 0.2) is 22.9 Å². The van der Waals surface area contributed by atoms with Crippen molar-refractivity contribution in [2.24, 2.45) is 0 Å². The molecule has 6 heteroatoms. The Hall–Kier alpha value is -2.50. The van der Waals surface area contributed by atoms with E-state index >= 15 is 0 Å². The molecule has 6 nitrogen and oxygen atoms in total. The third-order valence-electron chi connectivity index (χ3n) is 3.54. The van der Waals surface area contributed by atoms with Crippen LogP contribution in [0, 0.1) is 6.92 Å². The number of rotatable bonds is 1. The summed E-state index contributed by atoms with van der Waals surface area (Å²) in [5, 5.41) is -0.192. The van der Waals surface area contributed by atoms with Crippen molar-refractivity contribution in [3.8, 4) is 0 Å². The molecule has 1 heterocycles. The molecule has 1 aliphatic carbocycles. The number of nitrogens with two attached hydrogens (primary N) is 1. The number of nitrogen functional groups attached to an aromatic ring is 1. The number of ketones is 2. The monoisotopic (exact) mass is 289 g/mol. The lowest BCUT2D eigenvalue weighted by molar-refractivity contribution is -0.132. The van der Waals surface area contributed by atoms with Crippen LogP contribution in [0.2, 0.25) is 0 Å². The van der Waals surface area contributed by atoms with Gasteiger partial charge in [-0.2, -0.15) is 0 Å². The Labute approximate surface area is 126 Å². The van der Waals surface area contributed by atoms with E-state index < -0.39 is 48.1 Å². The molecular formula is C15H15N3O3. The predicted molar refractivity (Wildman–Crippen MR) is 78.1 cm³/mol. The van der Waals surface area contributed by atoms with Crippen molar-refractivity contribution in [1.29, 1.82) is 0 Å². The molecule has 2 aromatic rings. The summed E-state index contributed by atoms with van der Waals surface area (Å²) in [5.74, 6) is -0.837. The molecule has 2 atom stereocenters. The average molecular weight is 289 g/mol. The molecule has 0 aliphatic heterocycles. The van der Waals surface area contributed by atoms with Crippen LogP contribution >= 0.6 is 0 Å². The van der Waals surface area contributed by atoms with Gasteiger partial charge in [-0.15, -0.1) is 0 Å². The first-order valence-corrected chi connectivity index (χ1v) is 6.40. The maximum absolute atomic E-state index is 12.9. The zero-order valence-corrected chi connectivity index (χ0v) is 11.3. The molecule has 1 saturated carbocycles. The van der Waals surface area contributed by atoms with Gasteiger partial charge >= 0.3 is 0 Å². The molecule has 1 aromatic heterocycles. The van der Waals surface area contributed by atoms with Crippen LogP contribution in [0.5, 0.6) is 0 Å². The van der Waals surface area contributed by atoms with Crippen molar-refractivity contribution < 1.29 is 15.1 Å². The van der Waals surface area contributed by atoms with Gasteiger partial charge in [0.2, 0.25) is 0 Å². The minimum atomic E-state index is -1.10. The van der Waals surface area contributed by atoms with E-state index in [1.165, 1.54) is 6.92 Å². The molecule has 3 rings (SSSR count). The second kappa shape index (κ2) is 4.80. The topological polar surface area (TPSA) is 95.0 Å². The number of Topliss-reactive ketones (excluding diaryl/α,β-unsaturated/α-hetero) is 2. The van der Waals surface area contributed by atoms with Gasteiger partial charge < -0.3 is 5.73 Å². The number of aromatic nitrogens is 2. The number of nitrogens with zero attached hydrogens (tertiary/aromatic N) is 2. The number of carbonyl (C=O) groups excluding carboxylic acids is 2. The number of hydrogen-bond acceptors (Lipinski definition) is 5. The molecule has 2 unspecified atom stereocenters. The Kier molecular flexibility index (Phi) is 2.16. The molecule has 0 amide bonds. The highest BCUT2D eigenvalue weighted by Gasteiger charge is 2.30. The van der Waals surface area contributed by atoms with Crippen LogP contribution < -0.4 is 11.3 Å². The van der Waals surface area contributed by atoms with E-state index in [0.717, 1.165) is 4.57 Å². The molecule has 1 aromatic carbocycles. The van der Waals surface area contributed by atoms with E-state index in [-0.39, 0.29) is 34.9 Å². The number of aryl methyl sites for hydroxylation is 1. The summed E-state index contributed by atoms with van der Waals surface area (Å²) in [5.41, 5.74) is 4.72. The summed E-state index contributed by atoms with van der Waals surface area (Å²) in [6.45, 7) is 1.47. The first kappa shape index (κ1) is 9.44. The second-order valence-electron chi connectivity index (χ2n) is 4.91. The Morgan fingerprint density at radius 1 is 1.43 bits per heavy atom. The highest BCUT2D eigenvalue weighted by Crippen LogP contribution is 2.24. The third kappa shape index (κ3) is 2.12. The van der Waals surface area contributed by atoms with E-state index in [9.17, 15) is 14.4 Å². The van der Waals surface area contributed by atoms with Gasteiger partial charge in [0, 0.05) is 13.5 Å². The second-order valence-corrected chi connectivity index (χ2v) is 4.91. The number of hydrogen-bond donors (Lipinski definition) is 1. The van der Waals surface area contributed by atoms with Gasteiger partial charge in [0.15, 0.2) is 5.78 Å². The first-order chi connectivity index (χ1) is 11.6. The first-order valence-electron chi connectivity index (χ1n) is 8.48. The molecule has 1 fully saturated rings. The lowest BCUT2D eigenvalue weighted by Crippen LogP contribution is -2.36. The average Bonchev–Trinajstić information content (AvgIpc) is 2.55. The Balaban J connectivity index is 2.33. The predicted octanol–water partition coefficient (Wildman–Crippen LogP) is 1.15. The van der Waals surface area contributed by atoms with Crippen LogP contribution in [-0.4, -0.2) is 21.1 Å². The van der Waals surface area contributed by atoms with Gasteiger partial charge in [-0.05, 0) is 25.4 Å². The van der Waals surface area contributed by atoms with Gasteiger partial charge in [-0.3, -0.25) is 19.0 Å². The zero-order valence-electron chi connectivity index (χ0n) is 15.3. The van der Waals surface area contributed by atoms with Crippen molar-refractivity contribution in [3.05, 3.63) is 34.3 Å². The number of benzene rings is 1. The van der Waals surface area contributed by atoms with E-state index in [4.69, 9.17) is 11.2 Å². The quantitative estimate of drug-likeness (QED) is 0.627. The molecule has 0 spiro atoms. The summed E-state index contributed by atoms with van der Waals surface area (Å²) < 4.78 is 32.2. The fourth-order valence-electron chi connectivity index (χ4n) is 2.55. The molecule has 0 saturated heterocycles. The zero-order chi connectivity index (χ0) is 18.6. The standard InChI is InChI=1S/C15H15N3O3/c1-8-17-11-4-2-3-10(16)14(11)15(21)18(8)12-6-5-9(19)7-13(12)20/h2-4,12H,5-7,16H2,1H3/i2D,3D,4D,5D. The van der Waals surface area contributed by atoms with Gasteiger partial charge in [0.1, 0.15) is 11.6 Å². The molecule has 108 valence electrons. The molecule has 0 bridgehead atoms. The number of anilines is 1. The van der Waals surface area contributed by atoms with Crippen molar-refractivity contribution in [3.63, 3.8) is 0 Å². The maximum Gasteiger partial charge on any atom is 0.264 e. The molecule has 1 aliphatic rings. The van der Waals surface area contributed by atoms with Gasteiger partial charge in [-0.25, -0.2) is 4.98 Å². The minimum Gasteiger partial charge on any atom is -0.398 e. The molecular weight excluding hydrogens is 270 g/mol. The molecule has 2 N–H and O–H groups in total. The lowest BCUT2D eigenvalue weighted by Gasteiger charge is -2.24. The van der Waals surface area contributed by atoms with Gasteiger partial charge in [0.25, 0.3) is 5.56 Å². The van der Waals surface area contributed by atoms with E-state index in [1.54, 1.807) is 0 Å². The van der Waals surface area contributed by atoms with Crippen LogP contribution in [0.3, 0.4) is 0 Å². The van der Waals surface area contributed by atoms with Crippen LogP contribution in [0.1, 0.15) is 36.6 Å². The smallest absolute Gasteiger partial charge is 0.264 e. The highest BCUT2D eigenvalue weighted by atomic mass is 16.2. The van der Waals surface area contributed by atoms with E-state index in [2.05, 4.69) is 4.98 Å². The molecule has 0 radical (unpaired) electrons. The van der Waals surface area contributed by atoms with E-state index in [0.29, 0.717) is 0 Å². The summed E-state index contributed by atoms with van der Waals surface area (Å²) in [6, 6.07) is -2.27. The van der Waals surface area contributed by atoms with Gasteiger partial charge in [-0.1, -0.05) is 6.04 Å². The van der Waals surface area contributed by atoms with Crippen LogP contribution in [-0.2, 0) is 9.59 Å². The maximum atomic E-state index is 12.9. The summed E-state index contributed by atoms with van der Waals surface area (Å²) in [7, 11) is 0. The summed E-state index contributed by atoms with van der Waals surface area (Å²) in [6.07, 6.45) is -1.66. The summed E-state index contributed by atoms with van der Waals surface area (Å²) in [4.78, 5) is 40.9. The summed E-state index contributed by atoms with van der Waals surface area (Å²) >= 11 is 0. The van der Waals surface area contributed by atoms with Crippen molar-refractivity contribution in [2.45, 2.75) is 32.2 Å².